The summed E-state index contributed by atoms with van der Waals surface area (Å²) in [5.41, 5.74) is 3.93. The second kappa shape index (κ2) is 9.15. The van der Waals surface area contributed by atoms with Crippen LogP contribution in [0.1, 0.15) is 23.6 Å². The molecule has 178 valence electrons. The molecule has 0 aliphatic carbocycles. The molecule has 0 saturated carbocycles. The van der Waals surface area contributed by atoms with Crippen molar-refractivity contribution < 1.29 is 14.3 Å². The predicted octanol–water partition coefficient (Wildman–Crippen LogP) is 4.59. The van der Waals surface area contributed by atoms with Crippen molar-refractivity contribution in [3.8, 4) is 11.5 Å². The molecule has 2 aliphatic rings. The van der Waals surface area contributed by atoms with E-state index in [-0.39, 0.29) is 18.6 Å². The fourth-order valence-corrected chi connectivity index (χ4v) is 5.11. The number of amides is 1. The Hall–Kier alpha value is -3.71. The van der Waals surface area contributed by atoms with Crippen LogP contribution in [-0.2, 0) is 4.79 Å². The zero-order chi connectivity index (χ0) is 23.8. The molecular formula is C27H25ClN4O3. The number of aromatic nitrogens is 2. The largest absolute Gasteiger partial charge is 0.454 e. The van der Waals surface area contributed by atoms with Crippen LogP contribution in [0.15, 0.2) is 73.1 Å². The van der Waals surface area contributed by atoms with E-state index in [0.717, 1.165) is 46.5 Å². The lowest BCUT2D eigenvalue weighted by Crippen LogP contribution is -2.49. The number of rotatable bonds is 5. The number of carbonyl (C=O) groups excluding carboxylic acids is 1. The van der Waals surface area contributed by atoms with Crippen molar-refractivity contribution in [2.75, 3.05) is 37.9 Å². The first-order valence-electron chi connectivity index (χ1n) is 11.8. The molecule has 0 N–H and O–H groups in total. The average Bonchev–Trinajstić information content (AvgIpc) is 3.54. The molecule has 4 heterocycles. The van der Waals surface area contributed by atoms with Gasteiger partial charge in [-0.15, -0.1) is 0 Å². The van der Waals surface area contributed by atoms with Crippen LogP contribution < -0.4 is 14.4 Å². The molecule has 2 aromatic carbocycles. The zero-order valence-corrected chi connectivity index (χ0v) is 19.9. The number of fused-ring (bicyclic) bond motifs is 2. The van der Waals surface area contributed by atoms with Crippen LogP contribution in [-0.4, -0.2) is 53.2 Å². The van der Waals surface area contributed by atoms with Gasteiger partial charge in [0.15, 0.2) is 11.5 Å². The Bertz CT molecular complexity index is 1380. The van der Waals surface area contributed by atoms with Crippen molar-refractivity contribution in [2.24, 2.45) is 0 Å². The van der Waals surface area contributed by atoms with Gasteiger partial charge in [0.25, 0.3) is 0 Å². The van der Waals surface area contributed by atoms with Gasteiger partial charge in [0.1, 0.15) is 5.65 Å². The Morgan fingerprint density at radius 1 is 0.971 bits per heavy atom. The lowest BCUT2D eigenvalue weighted by molar-refractivity contribution is -0.131. The number of benzene rings is 2. The van der Waals surface area contributed by atoms with E-state index in [9.17, 15) is 4.79 Å². The number of pyridine rings is 1. The van der Waals surface area contributed by atoms with Gasteiger partial charge in [-0.25, -0.2) is 4.98 Å². The highest BCUT2D eigenvalue weighted by Crippen LogP contribution is 2.38. The molecule has 1 amide bonds. The average molecular weight is 489 g/mol. The summed E-state index contributed by atoms with van der Waals surface area (Å²) in [5, 5.41) is 0.723. The molecule has 2 aromatic heterocycles. The second-order valence-corrected chi connectivity index (χ2v) is 9.27. The van der Waals surface area contributed by atoms with Crippen molar-refractivity contribution in [2.45, 2.75) is 12.3 Å². The summed E-state index contributed by atoms with van der Waals surface area (Å²) in [6.45, 7) is 3.11. The van der Waals surface area contributed by atoms with Crippen LogP contribution in [0, 0.1) is 0 Å². The first-order chi connectivity index (χ1) is 17.2. The minimum absolute atomic E-state index is 0.129. The van der Waals surface area contributed by atoms with Crippen LogP contribution in [0.5, 0.6) is 11.5 Å². The number of carbonyl (C=O) groups is 1. The maximum atomic E-state index is 13.5. The van der Waals surface area contributed by atoms with E-state index in [1.807, 2.05) is 71.9 Å². The van der Waals surface area contributed by atoms with Gasteiger partial charge in [0.2, 0.25) is 12.7 Å². The highest BCUT2D eigenvalue weighted by atomic mass is 35.5. The quantitative estimate of drug-likeness (QED) is 0.411. The molecule has 35 heavy (non-hydrogen) atoms. The lowest BCUT2D eigenvalue weighted by atomic mass is 9.91. The molecule has 1 atom stereocenters. The highest BCUT2D eigenvalue weighted by Gasteiger charge is 2.28. The summed E-state index contributed by atoms with van der Waals surface area (Å²) < 4.78 is 13.2. The number of piperazine rings is 1. The summed E-state index contributed by atoms with van der Waals surface area (Å²) in [5.74, 6) is 1.41. The topological polar surface area (TPSA) is 59.3 Å². The summed E-state index contributed by atoms with van der Waals surface area (Å²) >= 11 is 6.17. The van der Waals surface area contributed by atoms with Gasteiger partial charge in [-0.3, -0.25) is 4.79 Å². The molecule has 8 heteroatoms. The fraction of sp³-hybridized carbons (Fsp3) is 0.259. The van der Waals surface area contributed by atoms with Gasteiger partial charge in [-0.2, -0.15) is 0 Å². The van der Waals surface area contributed by atoms with Crippen molar-refractivity contribution in [1.29, 1.82) is 0 Å². The Kier molecular flexibility index (Phi) is 5.70. The van der Waals surface area contributed by atoms with Gasteiger partial charge >= 0.3 is 0 Å². The van der Waals surface area contributed by atoms with E-state index in [1.54, 1.807) is 0 Å². The van der Waals surface area contributed by atoms with Crippen LogP contribution in [0.4, 0.5) is 5.69 Å². The Balaban J connectivity index is 1.24. The number of hydrogen-bond acceptors (Lipinski definition) is 5. The molecule has 0 radical (unpaired) electrons. The molecule has 0 spiro atoms. The maximum absolute atomic E-state index is 13.5. The van der Waals surface area contributed by atoms with Crippen LogP contribution >= 0.6 is 11.6 Å². The fourth-order valence-electron chi connectivity index (χ4n) is 4.92. The van der Waals surface area contributed by atoms with E-state index in [0.29, 0.717) is 25.3 Å². The third-order valence-corrected chi connectivity index (χ3v) is 7.02. The van der Waals surface area contributed by atoms with Gasteiger partial charge in [0.05, 0.1) is 5.69 Å². The third-order valence-electron chi connectivity index (χ3n) is 6.79. The van der Waals surface area contributed by atoms with Crippen LogP contribution in [0.3, 0.4) is 0 Å². The van der Waals surface area contributed by atoms with Crippen molar-refractivity contribution >= 4 is 28.8 Å². The van der Waals surface area contributed by atoms with Gasteiger partial charge in [0, 0.05) is 61.6 Å². The highest BCUT2D eigenvalue weighted by molar-refractivity contribution is 6.30. The smallest absolute Gasteiger partial charge is 0.231 e. The molecule has 7 nitrogen and oxygen atoms in total. The van der Waals surface area contributed by atoms with Crippen molar-refractivity contribution in [3.05, 3.63) is 89.3 Å². The summed E-state index contributed by atoms with van der Waals surface area (Å²) in [7, 11) is 0. The zero-order valence-electron chi connectivity index (χ0n) is 19.1. The molecule has 1 saturated heterocycles. The van der Waals surface area contributed by atoms with E-state index in [4.69, 9.17) is 21.1 Å². The molecule has 1 unspecified atom stereocenters. The van der Waals surface area contributed by atoms with E-state index < -0.39 is 0 Å². The van der Waals surface area contributed by atoms with Crippen LogP contribution in [0.2, 0.25) is 5.02 Å². The summed E-state index contributed by atoms with van der Waals surface area (Å²) in [6.07, 6.45) is 4.21. The summed E-state index contributed by atoms with van der Waals surface area (Å²) in [6, 6.07) is 19.7. The Labute approximate surface area is 208 Å². The van der Waals surface area contributed by atoms with Gasteiger partial charge in [-0.1, -0.05) is 29.8 Å². The number of nitrogens with zero attached hydrogens (tertiary/aromatic N) is 4. The SMILES string of the molecule is O=C(CC(c1ccc2c(c1)OCO2)c1cnc2ccccn12)N1CCN(c2cccc(Cl)c2)CC1. The van der Waals surface area contributed by atoms with Crippen LogP contribution in [0.25, 0.3) is 5.65 Å². The first kappa shape index (κ1) is 21.8. The number of imidazole rings is 1. The Morgan fingerprint density at radius 2 is 1.83 bits per heavy atom. The molecule has 4 aromatic rings. The second-order valence-electron chi connectivity index (χ2n) is 8.83. The number of halogens is 1. The standard InChI is InChI=1S/C27H25ClN4O3/c28-20-4-3-5-21(15-20)30-10-12-31(13-11-30)27(33)16-22(19-7-8-24-25(14-19)35-18-34-24)23-17-29-26-6-1-2-9-32(23)26/h1-9,14-15,17,22H,10-13,16,18H2. The maximum Gasteiger partial charge on any atom is 0.231 e. The molecule has 0 bridgehead atoms. The molecule has 6 rings (SSSR count). The van der Waals surface area contributed by atoms with Crippen molar-refractivity contribution in [3.63, 3.8) is 0 Å². The number of ether oxygens (including phenoxy) is 2. The summed E-state index contributed by atoms with van der Waals surface area (Å²) in [4.78, 5) is 22.4. The normalized spacial score (nSPS) is 16.0. The molecular weight excluding hydrogens is 464 g/mol. The van der Waals surface area contributed by atoms with Gasteiger partial charge in [-0.05, 0) is 48.0 Å². The van der Waals surface area contributed by atoms with E-state index >= 15 is 0 Å². The lowest BCUT2D eigenvalue weighted by Gasteiger charge is -2.36. The minimum atomic E-state index is -0.166. The number of hydrogen-bond donors (Lipinski definition) is 0. The van der Waals surface area contributed by atoms with E-state index in [1.165, 1.54) is 0 Å². The monoisotopic (exact) mass is 488 g/mol. The molecule has 1 fully saturated rings. The molecule has 2 aliphatic heterocycles. The predicted molar refractivity (Wildman–Crippen MR) is 134 cm³/mol. The van der Waals surface area contributed by atoms with Crippen molar-refractivity contribution in [1.82, 2.24) is 14.3 Å². The Morgan fingerprint density at radius 3 is 2.69 bits per heavy atom. The van der Waals surface area contributed by atoms with Gasteiger partial charge < -0.3 is 23.7 Å². The van der Waals surface area contributed by atoms with E-state index in [2.05, 4.69) is 20.4 Å². The minimum Gasteiger partial charge on any atom is -0.454 e. The first-order valence-corrected chi connectivity index (χ1v) is 12.1. The third kappa shape index (κ3) is 4.28. The number of anilines is 1.